The smallest absolute Gasteiger partial charge is 0.269 e. The number of nitrogens with zero attached hydrogens (tertiary/aromatic N) is 1. The van der Waals surface area contributed by atoms with Gasteiger partial charge in [-0.25, -0.2) is 0 Å². The summed E-state index contributed by atoms with van der Waals surface area (Å²) in [6.45, 7) is 4.50. The number of hydrogen-bond acceptors (Lipinski definition) is 4. The second-order valence-electron chi connectivity index (χ2n) is 4.70. The SMILES string of the molecule is Cc1cc([N+](=O)[O-])ccc1NCCC1CCOC1. The summed E-state index contributed by atoms with van der Waals surface area (Å²) in [5, 5.41) is 14.0. The van der Waals surface area contributed by atoms with Crippen molar-refractivity contribution in [1.82, 2.24) is 0 Å². The topological polar surface area (TPSA) is 64.4 Å². The lowest BCUT2D eigenvalue weighted by atomic mass is 10.1. The van der Waals surface area contributed by atoms with Gasteiger partial charge in [0.2, 0.25) is 0 Å². The molecule has 1 aromatic rings. The van der Waals surface area contributed by atoms with Crippen molar-refractivity contribution in [3.8, 4) is 0 Å². The molecule has 98 valence electrons. The molecule has 0 aliphatic carbocycles. The summed E-state index contributed by atoms with van der Waals surface area (Å²) in [5.41, 5.74) is 2.02. The van der Waals surface area contributed by atoms with Crippen molar-refractivity contribution in [3.05, 3.63) is 33.9 Å². The molecule has 0 bridgehead atoms. The molecule has 1 unspecified atom stereocenters. The van der Waals surface area contributed by atoms with E-state index in [1.165, 1.54) is 6.07 Å². The number of nitrogens with one attached hydrogen (secondary N) is 1. The third-order valence-corrected chi connectivity index (χ3v) is 3.31. The number of nitro groups is 1. The predicted molar refractivity (Wildman–Crippen MR) is 69.9 cm³/mol. The average Bonchev–Trinajstić information content (AvgIpc) is 2.84. The van der Waals surface area contributed by atoms with Crippen LogP contribution in [-0.4, -0.2) is 24.7 Å². The van der Waals surface area contributed by atoms with E-state index in [9.17, 15) is 10.1 Å². The molecule has 1 N–H and O–H groups in total. The van der Waals surface area contributed by atoms with Crippen LogP contribution in [0, 0.1) is 23.0 Å². The fourth-order valence-electron chi connectivity index (χ4n) is 2.18. The maximum atomic E-state index is 10.6. The number of ether oxygens (including phenoxy) is 1. The first-order valence-electron chi connectivity index (χ1n) is 6.23. The van der Waals surface area contributed by atoms with Gasteiger partial charge < -0.3 is 10.1 Å². The van der Waals surface area contributed by atoms with E-state index in [4.69, 9.17) is 4.74 Å². The minimum atomic E-state index is -0.368. The third-order valence-electron chi connectivity index (χ3n) is 3.31. The van der Waals surface area contributed by atoms with E-state index in [1.54, 1.807) is 12.1 Å². The zero-order valence-corrected chi connectivity index (χ0v) is 10.5. The number of nitro benzene ring substituents is 1. The highest BCUT2D eigenvalue weighted by molar-refractivity contribution is 5.55. The van der Waals surface area contributed by atoms with Gasteiger partial charge >= 0.3 is 0 Å². The fraction of sp³-hybridized carbons (Fsp3) is 0.538. The molecule has 5 nitrogen and oxygen atoms in total. The standard InChI is InChI=1S/C13H18N2O3/c1-10-8-12(15(16)17)2-3-13(10)14-6-4-11-5-7-18-9-11/h2-3,8,11,14H,4-7,9H2,1H3. The molecule has 0 radical (unpaired) electrons. The quantitative estimate of drug-likeness (QED) is 0.644. The summed E-state index contributed by atoms with van der Waals surface area (Å²) in [4.78, 5) is 10.3. The monoisotopic (exact) mass is 250 g/mol. The van der Waals surface area contributed by atoms with Crippen molar-refractivity contribution in [1.29, 1.82) is 0 Å². The van der Waals surface area contributed by atoms with Crippen LogP contribution in [0.2, 0.25) is 0 Å². The molecular weight excluding hydrogens is 232 g/mol. The minimum absolute atomic E-state index is 0.141. The van der Waals surface area contributed by atoms with Crippen molar-refractivity contribution < 1.29 is 9.66 Å². The molecule has 0 saturated carbocycles. The van der Waals surface area contributed by atoms with Crippen LogP contribution in [0.5, 0.6) is 0 Å². The molecule has 0 aromatic heterocycles. The molecule has 0 amide bonds. The Hall–Kier alpha value is -1.62. The van der Waals surface area contributed by atoms with E-state index in [1.807, 2.05) is 6.92 Å². The van der Waals surface area contributed by atoms with Gasteiger partial charge in [0, 0.05) is 37.6 Å². The molecule has 2 rings (SSSR count). The number of hydrogen-bond donors (Lipinski definition) is 1. The van der Waals surface area contributed by atoms with Gasteiger partial charge in [-0.15, -0.1) is 0 Å². The molecule has 1 saturated heterocycles. The molecule has 1 aliphatic heterocycles. The normalized spacial score (nSPS) is 18.8. The Morgan fingerprint density at radius 2 is 2.39 bits per heavy atom. The summed E-state index contributed by atoms with van der Waals surface area (Å²) in [5.74, 6) is 0.649. The number of aryl methyl sites for hydroxylation is 1. The summed E-state index contributed by atoms with van der Waals surface area (Å²) >= 11 is 0. The zero-order chi connectivity index (χ0) is 13.0. The number of benzene rings is 1. The highest BCUT2D eigenvalue weighted by Crippen LogP contribution is 2.22. The average molecular weight is 250 g/mol. The van der Waals surface area contributed by atoms with Crippen molar-refractivity contribution in [2.24, 2.45) is 5.92 Å². The molecule has 18 heavy (non-hydrogen) atoms. The van der Waals surface area contributed by atoms with Crippen LogP contribution in [-0.2, 0) is 4.74 Å². The highest BCUT2D eigenvalue weighted by atomic mass is 16.6. The van der Waals surface area contributed by atoms with Gasteiger partial charge in [0.1, 0.15) is 0 Å². The summed E-state index contributed by atoms with van der Waals surface area (Å²) in [7, 11) is 0. The van der Waals surface area contributed by atoms with Crippen LogP contribution in [0.1, 0.15) is 18.4 Å². The third kappa shape index (κ3) is 3.20. The van der Waals surface area contributed by atoms with Crippen LogP contribution < -0.4 is 5.32 Å². The molecule has 1 aromatic carbocycles. The number of anilines is 1. The Morgan fingerprint density at radius 3 is 3.00 bits per heavy atom. The van der Waals surface area contributed by atoms with Crippen LogP contribution in [0.15, 0.2) is 18.2 Å². The van der Waals surface area contributed by atoms with E-state index >= 15 is 0 Å². The summed E-state index contributed by atoms with van der Waals surface area (Å²) in [6, 6.07) is 4.91. The van der Waals surface area contributed by atoms with Gasteiger partial charge in [-0.1, -0.05) is 0 Å². The van der Waals surface area contributed by atoms with E-state index in [0.29, 0.717) is 5.92 Å². The molecular formula is C13H18N2O3. The van der Waals surface area contributed by atoms with E-state index < -0.39 is 0 Å². The molecule has 1 atom stereocenters. The second kappa shape index (κ2) is 5.82. The van der Waals surface area contributed by atoms with Gasteiger partial charge in [0.15, 0.2) is 0 Å². The maximum absolute atomic E-state index is 10.6. The lowest BCUT2D eigenvalue weighted by molar-refractivity contribution is -0.384. The van der Waals surface area contributed by atoms with Crippen LogP contribution >= 0.6 is 0 Å². The van der Waals surface area contributed by atoms with Gasteiger partial charge in [-0.05, 0) is 37.3 Å². The summed E-state index contributed by atoms with van der Waals surface area (Å²) < 4.78 is 5.32. The molecule has 0 spiro atoms. The maximum Gasteiger partial charge on any atom is 0.269 e. The number of rotatable bonds is 5. The first-order chi connectivity index (χ1) is 8.66. The zero-order valence-electron chi connectivity index (χ0n) is 10.5. The Bertz CT molecular complexity index is 428. The lowest BCUT2D eigenvalue weighted by Crippen LogP contribution is -2.09. The van der Waals surface area contributed by atoms with Crippen molar-refractivity contribution in [2.75, 3.05) is 25.1 Å². The Kier molecular flexibility index (Phi) is 4.15. The van der Waals surface area contributed by atoms with Crippen LogP contribution in [0.3, 0.4) is 0 Å². The van der Waals surface area contributed by atoms with Crippen molar-refractivity contribution in [2.45, 2.75) is 19.8 Å². The molecule has 1 heterocycles. The first kappa shape index (κ1) is 12.8. The van der Waals surface area contributed by atoms with Crippen molar-refractivity contribution in [3.63, 3.8) is 0 Å². The summed E-state index contributed by atoms with van der Waals surface area (Å²) in [6.07, 6.45) is 2.22. The van der Waals surface area contributed by atoms with E-state index in [0.717, 1.165) is 43.9 Å². The predicted octanol–water partition coefficient (Wildman–Crippen LogP) is 2.74. The van der Waals surface area contributed by atoms with Gasteiger partial charge in [-0.3, -0.25) is 10.1 Å². The fourth-order valence-corrected chi connectivity index (χ4v) is 2.18. The van der Waals surface area contributed by atoms with Gasteiger partial charge in [0.05, 0.1) is 4.92 Å². The molecule has 1 aliphatic rings. The lowest BCUT2D eigenvalue weighted by Gasteiger charge is -2.11. The first-order valence-corrected chi connectivity index (χ1v) is 6.23. The largest absolute Gasteiger partial charge is 0.385 e. The minimum Gasteiger partial charge on any atom is -0.385 e. The molecule has 5 heteroatoms. The van der Waals surface area contributed by atoms with Crippen molar-refractivity contribution >= 4 is 11.4 Å². The Balaban J connectivity index is 1.87. The highest BCUT2D eigenvalue weighted by Gasteiger charge is 2.15. The van der Waals surface area contributed by atoms with Gasteiger partial charge in [0.25, 0.3) is 5.69 Å². The van der Waals surface area contributed by atoms with Gasteiger partial charge in [-0.2, -0.15) is 0 Å². The Morgan fingerprint density at radius 1 is 1.56 bits per heavy atom. The Labute approximate surface area is 106 Å². The molecule has 1 fully saturated rings. The van der Waals surface area contributed by atoms with Crippen LogP contribution in [0.4, 0.5) is 11.4 Å². The number of non-ortho nitro benzene ring substituents is 1. The second-order valence-corrected chi connectivity index (χ2v) is 4.70. The van der Waals surface area contributed by atoms with E-state index in [-0.39, 0.29) is 10.6 Å². The van der Waals surface area contributed by atoms with Crippen LogP contribution in [0.25, 0.3) is 0 Å². The van der Waals surface area contributed by atoms with E-state index in [2.05, 4.69) is 5.32 Å².